The van der Waals surface area contributed by atoms with Crippen molar-refractivity contribution >= 4 is 22.5 Å². The van der Waals surface area contributed by atoms with Crippen molar-refractivity contribution < 1.29 is 9.26 Å². The van der Waals surface area contributed by atoms with E-state index in [1.165, 1.54) is 0 Å². The average Bonchev–Trinajstić information content (AvgIpc) is 2.49. The molecule has 2 aromatic heterocycles. The Hall–Kier alpha value is -1.29. The van der Waals surface area contributed by atoms with E-state index in [0.29, 0.717) is 28.6 Å². The lowest BCUT2D eigenvalue weighted by atomic mass is 10.3. The van der Waals surface area contributed by atoms with Crippen molar-refractivity contribution in [1.29, 1.82) is 0 Å². The van der Waals surface area contributed by atoms with Gasteiger partial charge in [-0.25, -0.2) is 4.98 Å². The predicted molar refractivity (Wildman–Crippen MR) is 52.7 cm³/mol. The van der Waals surface area contributed by atoms with E-state index < -0.39 is 0 Å². The summed E-state index contributed by atoms with van der Waals surface area (Å²) in [4.78, 5) is 4.10. The molecule has 0 unspecified atom stereocenters. The lowest BCUT2D eigenvalue weighted by molar-refractivity contribution is 0.230. The molecule has 2 rings (SSSR count). The molecule has 0 N–H and O–H groups in total. The maximum absolute atomic E-state index is 5.95. The van der Waals surface area contributed by atoms with E-state index in [1.807, 2.05) is 13.8 Å². The summed E-state index contributed by atoms with van der Waals surface area (Å²) >= 11 is 5.95. The molecular formula is C9H9ClN2O2. The molecule has 0 spiro atoms. The number of pyridine rings is 1. The first kappa shape index (κ1) is 9.27. The van der Waals surface area contributed by atoms with Gasteiger partial charge in [0.05, 0.1) is 6.61 Å². The van der Waals surface area contributed by atoms with Gasteiger partial charge < -0.3 is 9.26 Å². The number of hydrogen-bond acceptors (Lipinski definition) is 4. The third-order valence-corrected chi connectivity index (χ3v) is 2.06. The molecule has 0 fully saturated rings. The molecule has 2 heterocycles. The predicted octanol–water partition coefficient (Wildman–Crippen LogP) is 2.58. The van der Waals surface area contributed by atoms with Crippen LogP contribution in [0, 0.1) is 6.92 Å². The van der Waals surface area contributed by atoms with E-state index in [1.54, 1.807) is 6.07 Å². The first-order valence-electron chi connectivity index (χ1n) is 4.27. The second-order valence-corrected chi connectivity index (χ2v) is 3.21. The van der Waals surface area contributed by atoms with Gasteiger partial charge in [0.2, 0.25) is 0 Å². The van der Waals surface area contributed by atoms with E-state index in [0.717, 1.165) is 5.69 Å². The summed E-state index contributed by atoms with van der Waals surface area (Å²) in [7, 11) is 0. The standard InChI is InChI=1S/C9H9ClN2O2/c1-3-13-9-7-6(12-14-9)4-5(2)11-8(7)10/h4H,3H2,1-2H3. The van der Waals surface area contributed by atoms with Crippen LogP contribution < -0.4 is 4.74 Å². The van der Waals surface area contributed by atoms with Gasteiger partial charge in [-0.15, -0.1) is 0 Å². The van der Waals surface area contributed by atoms with Gasteiger partial charge in [0, 0.05) is 5.69 Å². The molecule has 0 aliphatic carbocycles. The Morgan fingerprint density at radius 3 is 3.07 bits per heavy atom. The Kier molecular flexibility index (Phi) is 2.29. The third kappa shape index (κ3) is 1.42. The molecule has 2 aromatic rings. The molecule has 4 nitrogen and oxygen atoms in total. The number of nitrogens with zero attached hydrogens (tertiary/aromatic N) is 2. The molecule has 0 aromatic carbocycles. The van der Waals surface area contributed by atoms with Crippen LogP contribution in [0.3, 0.4) is 0 Å². The third-order valence-electron chi connectivity index (χ3n) is 1.79. The molecule has 0 aliphatic rings. The van der Waals surface area contributed by atoms with Crippen LogP contribution >= 0.6 is 11.6 Å². The number of rotatable bonds is 2. The summed E-state index contributed by atoms with van der Waals surface area (Å²) in [6, 6.07) is 1.80. The van der Waals surface area contributed by atoms with E-state index in [-0.39, 0.29) is 0 Å². The number of fused-ring (bicyclic) bond motifs is 1. The fourth-order valence-corrected chi connectivity index (χ4v) is 1.55. The highest BCUT2D eigenvalue weighted by Crippen LogP contribution is 2.31. The average molecular weight is 213 g/mol. The van der Waals surface area contributed by atoms with E-state index in [2.05, 4.69) is 10.1 Å². The van der Waals surface area contributed by atoms with Crippen LogP contribution in [0.2, 0.25) is 5.15 Å². The van der Waals surface area contributed by atoms with E-state index in [9.17, 15) is 0 Å². The van der Waals surface area contributed by atoms with Crippen LogP contribution in [0.1, 0.15) is 12.6 Å². The van der Waals surface area contributed by atoms with Crippen LogP contribution in [0.4, 0.5) is 0 Å². The first-order valence-corrected chi connectivity index (χ1v) is 4.65. The van der Waals surface area contributed by atoms with Crippen LogP contribution in [-0.2, 0) is 0 Å². The summed E-state index contributed by atoms with van der Waals surface area (Å²) in [6.07, 6.45) is 0. The maximum Gasteiger partial charge on any atom is 0.322 e. The van der Waals surface area contributed by atoms with Crippen molar-refractivity contribution in [2.75, 3.05) is 6.61 Å². The van der Waals surface area contributed by atoms with E-state index >= 15 is 0 Å². The Balaban J connectivity index is 2.66. The molecule has 0 saturated heterocycles. The molecule has 0 saturated carbocycles. The zero-order valence-corrected chi connectivity index (χ0v) is 8.63. The Morgan fingerprint density at radius 1 is 1.57 bits per heavy atom. The van der Waals surface area contributed by atoms with Crippen molar-refractivity contribution in [3.05, 3.63) is 16.9 Å². The molecule has 0 atom stereocenters. The smallest absolute Gasteiger partial charge is 0.322 e. The monoisotopic (exact) mass is 212 g/mol. The molecule has 0 radical (unpaired) electrons. The molecule has 74 valence electrons. The van der Waals surface area contributed by atoms with Crippen molar-refractivity contribution in [2.24, 2.45) is 0 Å². The maximum atomic E-state index is 5.95. The van der Waals surface area contributed by atoms with Crippen LogP contribution in [-0.4, -0.2) is 16.7 Å². The number of halogens is 1. The lowest BCUT2D eigenvalue weighted by Gasteiger charge is -1.98. The van der Waals surface area contributed by atoms with Gasteiger partial charge in [0.15, 0.2) is 0 Å². The number of hydrogen-bond donors (Lipinski definition) is 0. The Bertz CT molecular complexity index is 467. The summed E-state index contributed by atoms with van der Waals surface area (Å²) in [5.41, 5.74) is 1.48. The highest BCUT2D eigenvalue weighted by atomic mass is 35.5. The zero-order chi connectivity index (χ0) is 10.1. The van der Waals surface area contributed by atoms with Gasteiger partial charge in [-0.1, -0.05) is 16.8 Å². The largest absolute Gasteiger partial charge is 0.464 e. The molecular weight excluding hydrogens is 204 g/mol. The SMILES string of the molecule is CCOc1onc2cc(C)nc(Cl)c12. The molecule has 14 heavy (non-hydrogen) atoms. The van der Waals surface area contributed by atoms with Gasteiger partial charge in [-0.2, -0.15) is 0 Å². The van der Waals surface area contributed by atoms with Crippen LogP contribution in [0.25, 0.3) is 10.9 Å². The normalized spacial score (nSPS) is 10.8. The summed E-state index contributed by atoms with van der Waals surface area (Å²) in [6.45, 7) is 4.22. The molecule has 5 heteroatoms. The first-order chi connectivity index (χ1) is 6.72. The van der Waals surface area contributed by atoms with Crippen molar-refractivity contribution in [1.82, 2.24) is 10.1 Å². The quantitative estimate of drug-likeness (QED) is 0.718. The minimum atomic E-state index is 0.333. The number of aromatic nitrogens is 2. The molecule has 0 amide bonds. The van der Waals surface area contributed by atoms with Crippen molar-refractivity contribution in [2.45, 2.75) is 13.8 Å². The number of aryl methyl sites for hydroxylation is 1. The molecule has 0 aliphatic heterocycles. The highest BCUT2D eigenvalue weighted by molar-refractivity contribution is 6.34. The van der Waals surface area contributed by atoms with Gasteiger partial charge in [0.25, 0.3) is 0 Å². The molecule has 0 bridgehead atoms. The second-order valence-electron chi connectivity index (χ2n) is 2.85. The summed E-state index contributed by atoms with van der Waals surface area (Å²) < 4.78 is 10.2. The Morgan fingerprint density at radius 2 is 2.36 bits per heavy atom. The van der Waals surface area contributed by atoms with Crippen molar-refractivity contribution in [3.63, 3.8) is 0 Å². The van der Waals surface area contributed by atoms with Crippen LogP contribution in [0.5, 0.6) is 5.95 Å². The van der Waals surface area contributed by atoms with Gasteiger partial charge >= 0.3 is 5.95 Å². The Labute approximate surface area is 85.8 Å². The highest BCUT2D eigenvalue weighted by Gasteiger charge is 2.14. The van der Waals surface area contributed by atoms with E-state index in [4.69, 9.17) is 20.9 Å². The minimum absolute atomic E-state index is 0.333. The van der Waals surface area contributed by atoms with Gasteiger partial charge in [-0.05, 0) is 19.9 Å². The lowest BCUT2D eigenvalue weighted by Crippen LogP contribution is -1.90. The fraction of sp³-hybridized carbons (Fsp3) is 0.333. The van der Waals surface area contributed by atoms with Crippen molar-refractivity contribution in [3.8, 4) is 5.95 Å². The van der Waals surface area contributed by atoms with Gasteiger partial charge in [-0.3, -0.25) is 0 Å². The second kappa shape index (κ2) is 3.46. The van der Waals surface area contributed by atoms with Crippen LogP contribution in [0.15, 0.2) is 10.6 Å². The van der Waals surface area contributed by atoms with Gasteiger partial charge in [0.1, 0.15) is 16.1 Å². The zero-order valence-electron chi connectivity index (χ0n) is 7.87. The minimum Gasteiger partial charge on any atom is -0.464 e. The topological polar surface area (TPSA) is 48.2 Å². The fourth-order valence-electron chi connectivity index (χ4n) is 1.25. The number of ether oxygens (including phenoxy) is 1. The summed E-state index contributed by atoms with van der Waals surface area (Å²) in [5.74, 6) is 0.333. The summed E-state index contributed by atoms with van der Waals surface area (Å²) in [5, 5.41) is 4.84.